The Hall–Kier alpha value is -2.45. The molecule has 0 bridgehead atoms. The third kappa shape index (κ3) is 4.55. The van der Waals surface area contributed by atoms with Crippen LogP contribution in [0.1, 0.15) is 20.3 Å². The number of amides is 1. The fourth-order valence-corrected chi connectivity index (χ4v) is 1.64. The van der Waals surface area contributed by atoms with E-state index >= 15 is 0 Å². The highest BCUT2D eigenvalue weighted by atomic mass is 16.6. The van der Waals surface area contributed by atoms with E-state index in [2.05, 4.69) is 20.6 Å². The maximum Gasteiger partial charge on any atom is 0.329 e. The summed E-state index contributed by atoms with van der Waals surface area (Å²) in [5, 5.41) is 16.6. The molecule has 1 amide bonds. The van der Waals surface area contributed by atoms with Crippen LogP contribution in [-0.2, 0) is 4.79 Å². The van der Waals surface area contributed by atoms with Gasteiger partial charge in [0, 0.05) is 20.1 Å². The second-order valence-electron chi connectivity index (χ2n) is 4.27. The molecule has 116 valence electrons. The van der Waals surface area contributed by atoms with Gasteiger partial charge in [0.2, 0.25) is 17.7 Å². The van der Waals surface area contributed by atoms with Crippen molar-refractivity contribution in [2.45, 2.75) is 20.3 Å². The fraction of sp³-hybridized carbons (Fsp3) is 0.583. The molecule has 0 saturated heterocycles. The molecule has 21 heavy (non-hydrogen) atoms. The molecule has 9 heteroatoms. The standard InChI is InChI=1S/C12H20N6O3/c1-4-6-14-12-15-7-9(18(20)21)11(16-12)17(5-2)8-10(19)13-3/h7H,4-6,8H2,1-3H3,(H,13,19)(H,14,15,16). The molecule has 2 N–H and O–H groups in total. The minimum atomic E-state index is -0.550. The lowest BCUT2D eigenvalue weighted by atomic mass is 10.4. The van der Waals surface area contributed by atoms with Gasteiger partial charge < -0.3 is 15.5 Å². The zero-order chi connectivity index (χ0) is 15.8. The number of carbonyl (C=O) groups is 1. The van der Waals surface area contributed by atoms with Crippen LogP contribution in [0.15, 0.2) is 6.20 Å². The molecule has 0 spiro atoms. The van der Waals surface area contributed by atoms with Gasteiger partial charge in [0.25, 0.3) is 0 Å². The number of rotatable bonds is 8. The Morgan fingerprint density at radius 1 is 1.48 bits per heavy atom. The SMILES string of the molecule is CCCNc1ncc([N+](=O)[O-])c(N(CC)CC(=O)NC)n1. The molecular formula is C12H20N6O3. The summed E-state index contributed by atoms with van der Waals surface area (Å²) < 4.78 is 0. The van der Waals surface area contributed by atoms with E-state index < -0.39 is 4.92 Å². The zero-order valence-corrected chi connectivity index (χ0v) is 12.4. The number of carbonyl (C=O) groups excluding carboxylic acids is 1. The lowest BCUT2D eigenvalue weighted by molar-refractivity contribution is -0.384. The van der Waals surface area contributed by atoms with E-state index in [0.29, 0.717) is 19.0 Å². The topological polar surface area (TPSA) is 113 Å². The van der Waals surface area contributed by atoms with Crippen LogP contribution in [-0.4, -0.2) is 47.5 Å². The molecule has 1 aromatic rings. The first-order valence-corrected chi connectivity index (χ1v) is 6.74. The minimum Gasteiger partial charge on any atom is -0.358 e. The Kier molecular flexibility index (Phi) is 6.31. The van der Waals surface area contributed by atoms with Gasteiger partial charge in [-0.05, 0) is 13.3 Å². The van der Waals surface area contributed by atoms with E-state index in [-0.39, 0.29) is 24.0 Å². The summed E-state index contributed by atoms with van der Waals surface area (Å²) in [5.41, 5.74) is -0.220. The molecule has 0 saturated carbocycles. The normalized spacial score (nSPS) is 10.0. The van der Waals surface area contributed by atoms with Gasteiger partial charge in [-0.25, -0.2) is 4.98 Å². The number of aromatic nitrogens is 2. The first-order chi connectivity index (χ1) is 10.0. The highest BCUT2D eigenvalue weighted by molar-refractivity contribution is 5.81. The number of likely N-dealkylation sites (N-methyl/N-ethyl adjacent to an activating group) is 2. The van der Waals surface area contributed by atoms with Gasteiger partial charge in [-0.15, -0.1) is 0 Å². The number of anilines is 2. The van der Waals surface area contributed by atoms with Crippen LogP contribution in [0.4, 0.5) is 17.5 Å². The average molecular weight is 296 g/mol. The summed E-state index contributed by atoms with van der Waals surface area (Å²) in [4.78, 5) is 31.7. The molecule has 0 unspecified atom stereocenters. The van der Waals surface area contributed by atoms with Crippen molar-refractivity contribution >= 4 is 23.4 Å². The fourth-order valence-electron chi connectivity index (χ4n) is 1.64. The Morgan fingerprint density at radius 3 is 2.71 bits per heavy atom. The third-order valence-corrected chi connectivity index (χ3v) is 2.77. The molecular weight excluding hydrogens is 276 g/mol. The lowest BCUT2D eigenvalue weighted by Crippen LogP contribution is -2.36. The van der Waals surface area contributed by atoms with Gasteiger partial charge in [0.05, 0.1) is 11.5 Å². The molecule has 0 aliphatic rings. The number of nitrogens with one attached hydrogen (secondary N) is 2. The Bertz CT molecular complexity index is 508. The largest absolute Gasteiger partial charge is 0.358 e. The summed E-state index contributed by atoms with van der Waals surface area (Å²) in [6.07, 6.45) is 2.04. The van der Waals surface area contributed by atoms with Crippen LogP contribution < -0.4 is 15.5 Å². The minimum absolute atomic E-state index is 0.00191. The molecule has 1 aromatic heterocycles. The predicted molar refractivity (Wildman–Crippen MR) is 79.4 cm³/mol. The Labute approximate surface area is 122 Å². The van der Waals surface area contributed by atoms with Crippen LogP contribution in [0.3, 0.4) is 0 Å². The van der Waals surface area contributed by atoms with Crippen LogP contribution in [0.25, 0.3) is 0 Å². The van der Waals surface area contributed by atoms with Gasteiger partial charge in [-0.3, -0.25) is 14.9 Å². The molecule has 0 aliphatic carbocycles. The summed E-state index contributed by atoms with van der Waals surface area (Å²) >= 11 is 0. The molecule has 9 nitrogen and oxygen atoms in total. The molecule has 0 radical (unpaired) electrons. The molecule has 0 aliphatic heterocycles. The number of hydrogen-bond acceptors (Lipinski definition) is 7. The summed E-state index contributed by atoms with van der Waals surface area (Å²) in [6.45, 7) is 4.87. The average Bonchev–Trinajstić information content (AvgIpc) is 2.49. The highest BCUT2D eigenvalue weighted by Gasteiger charge is 2.23. The summed E-state index contributed by atoms with van der Waals surface area (Å²) in [6, 6.07) is 0. The first kappa shape index (κ1) is 16.6. The van der Waals surface area contributed by atoms with E-state index in [1.165, 1.54) is 11.9 Å². The number of hydrogen-bond donors (Lipinski definition) is 2. The second kappa shape index (κ2) is 7.98. The van der Waals surface area contributed by atoms with E-state index in [1.807, 2.05) is 6.92 Å². The maximum absolute atomic E-state index is 11.5. The van der Waals surface area contributed by atoms with Crippen molar-refractivity contribution in [1.82, 2.24) is 15.3 Å². The molecule has 1 rings (SSSR count). The molecule has 0 fully saturated rings. The molecule has 0 atom stereocenters. The van der Waals surface area contributed by atoms with E-state index in [4.69, 9.17) is 0 Å². The van der Waals surface area contributed by atoms with Crippen LogP contribution in [0.2, 0.25) is 0 Å². The predicted octanol–water partition coefficient (Wildman–Crippen LogP) is 0.779. The maximum atomic E-state index is 11.5. The van der Waals surface area contributed by atoms with Gasteiger partial charge in [-0.1, -0.05) is 6.92 Å². The van der Waals surface area contributed by atoms with E-state index in [0.717, 1.165) is 12.6 Å². The van der Waals surface area contributed by atoms with Crippen molar-refractivity contribution in [3.63, 3.8) is 0 Å². The van der Waals surface area contributed by atoms with Gasteiger partial charge in [0.1, 0.15) is 6.20 Å². The van der Waals surface area contributed by atoms with Gasteiger partial charge in [0.15, 0.2) is 0 Å². The summed E-state index contributed by atoms with van der Waals surface area (Å²) in [5.74, 6) is 0.209. The number of nitro groups is 1. The van der Waals surface area contributed by atoms with Crippen molar-refractivity contribution in [3.05, 3.63) is 16.3 Å². The first-order valence-electron chi connectivity index (χ1n) is 6.74. The van der Waals surface area contributed by atoms with Crippen molar-refractivity contribution in [1.29, 1.82) is 0 Å². The van der Waals surface area contributed by atoms with Crippen molar-refractivity contribution in [2.24, 2.45) is 0 Å². The van der Waals surface area contributed by atoms with E-state index in [1.54, 1.807) is 6.92 Å². The molecule has 0 aromatic carbocycles. The highest BCUT2D eigenvalue weighted by Crippen LogP contribution is 2.25. The molecule has 1 heterocycles. The van der Waals surface area contributed by atoms with Crippen LogP contribution >= 0.6 is 0 Å². The van der Waals surface area contributed by atoms with E-state index in [9.17, 15) is 14.9 Å². The quantitative estimate of drug-likeness (QED) is 0.538. The van der Waals surface area contributed by atoms with Crippen molar-refractivity contribution in [2.75, 3.05) is 36.9 Å². The van der Waals surface area contributed by atoms with Crippen LogP contribution in [0, 0.1) is 10.1 Å². The summed E-state index contributed by atoms with van der Waals surface area (Å²) in [7, 11) is 1.51. The number of nitrogens with zero attached hydrogens (tertiary/aromatic N) is 4. The van der Waals surface area contributed by atoms with Crippen LogP contribution in [0.5, 0.6) is 0 Å². The second-order valence-corrected chi connectivity index (χ2v) is 4.27. The third-order valence-electron chi connectivity index (χ3n) is 2.77. The lowest BCUT2D eigenvalue weighted by Gasteiger charge is -2.20. The van der Waals surface area contributed by atoms with Gasteiger partial charge >= 0.3 is 5.69 Å². The Morgan fingerprint density at radius 2 is 2.19 bits per heavy atom. The van der Waals surface area contributed by atoms with Crippen molar-refractivity contribution in [3.8, 4) is 0 Å². The van der Waals surface area contributed by atoms with Gasteiger partial charge in [-0.2, -0.15) is 4.98 Å². The smallest absolute Gasteiger partial charge is 0.329 e. The monoisotopic (exact) mass is 296 g/mol. The van der Waals surface area contributed by atoms with Crippen molar-refractivity contribution < 1.29 is 9.72 Å². The Balaban J connectivity index is 3.13. The zero-order valence-electron chi connectivity index (χ0n) is 12.4.